The lowest BCUT2D eigenvalue weighted by Gasteiger charge is -2.28. The molecule has 3 aliphatic rings. The van der Waals surface area contributed by atoms with Gasteiger partial charge in [-0.25, -0.2) is 0 Å². The third-order valence-electron chi connectivity index (χ3n) is 6.11. The zero-order chi connectivity index (χ0) is 17.2. The Kier molecular flexibility index (Phi) is 9.99. The summed E-state index contributed by atoms with van der Waals surface area (Å²) in [7, 11) is -0.748. The molecule has 0 atom stereocenters. The van der Waals surface area contributed by atoms with E-state index in [9.17, 15) is 0 Å². The lowest BCUT2D eigenvalue weighted by atomic mass is 10.2. The zero-order valence-corrected chi connectivity index (χ0v) is 17.8. The Morgan fingerprint density at radius 1 is 0.480 bits per heavy atom. The summed E-state index contributed by atoms with van der Waals surface area (Å²) >= 11 is 2.10. The van der Waals surface area contributed by atoms with E-state index >= 15 is 0 Å². The quantitative estimate of drug-likeness (QED) is 0.339. The summed E-state index contributed by atoms with van der Waals surface area (Å²) in [5.41, 5.74) is 0. The highest BCUT2D eigenvalue weighted by Crippen LogP contribution is 2.59. The highest BCUT2D eigenvalue weighted by molar-refractivity contribution is 8.53. The Morgan fingerprint density at radius 2 is 0.840 bits per heavy atom. The maximum absolute atomic E-state index is 6.66. The number of hydrogen-bond donors (Lipinski definition) is 0. The van der Waals surface area contributed by atoms with Crippen LogP contribution in [-0.4, -0.2) is 17.5 Å². The fraction of sp³-hybridized carbons (Fsp3) is 1.00. The van der Waals surface area contributed by atoms with Gasteiger partial charge in [0, 0.05) is 5.25 Å². The molecule has 0 aromatic heterocycles. The van der Waals surface area contributed by atoms with Crippen LogP contribution >= 0.6 is 19.0 Å². The summed E-state index contributed by atoms with van der Waals surface area (Å²) in [5.74, 6) is 0. The smallest absolute Gasteiger partial charge is 0.238 e. The molecular formula is C21H39O2PS. The van der Waals surface area contributed by atoms with Gasteiger partial charge in [0.2, 0.25) is 7.58 Å². The number of rotatable bonds is 6. The molecule has 3 aliphatic carbocycles. The van der Waals surface area contributed by atoms with Crippen LogP contribution in [0.25, 0.3) is 0 Å². The Bertz CT molecular complexity index is 278. The first kappa shape index (κ1) is 20.4. The van der Waals surface area contributed by atoms with Gasteiger partial charge in [0.25, 0.3) is 0 Å². The first-order chi connectivity index (χ1) is 12.4. The normalized spacial score (nSPS) is 26.3. The highest BCUT2D eigenvalue weighted by atomic mass is 32.7. The van der Waals surface area contributed by atoms with Crippen molar-refractivity contribution in [2.24, 2.45) is 0 Å². The average Bonchev–Trinajstić information content (AvgIpc) is 3.11. The summed E-state index contributed by atoms with van der Waals surface area (Å²) in [5, 5.41) is 0.783. The minimum Gasteiger partial charge on any atom is -0.323 e. The van der Waals surface area contributed by atoms with E-state index in [2.05, 4.69) is 11.4 Å². The predicted molar refractivity (Wildman–Crippen MR) is 111 cm³/mol. The van der Waals surface area contributed by atoms with Gasteiger partial charge in [0.05, 0.1) is 12.2 Å². The first-order valence-electron chi connectivity index (χ1n) is 11.2. The standard InChI is InChI=1S/C21H39O2PS/c1-2-8-14-19(13-7-1)22-24(23-20-15-9-3-4-10-16-20)25-21-17-11-5-6-12-18-21/h19-21H,1-18H2. The maximum atomic E-state index is 6.66. The molecule has 0 radical (unpaired) electrons. The van der Waals surface area contributed by atoms with Crippen molar-refractivity contribution < 1.29 is 9.05 Å². The predicted octanol–water partition coefficient (Wildman–Crippen LogP) is 8.15. The summed E-state index contributed by atoms with van der Waals surface area (Å²) in [6.45, 7) is 0. The molecule has 0 amide bonds. The third-order valence-corrected chi connectivity index (χ3v) is 9.92. The molecule has 0 spiro atoms. The molecule has 3 fully saturated rings. The molecule has 3 saturated carbocycles. The van der Waals surface area contributed by atoms with Crippen LogP contribution in [0.15, 0.2) is 0 Å². The van der Waals surface area contributed by atoms with Gasteiger partial charge in [-0.3, -0.25) is 0 Å². The molecule has 0 saturated heterocycles. The second-order valence-corrected chi connectivity index (χ2v) is 11.7. The van der Waals surface area contributed by atoms with Crippen LogP contribution in [-0.2, 0) is 9.05 Å². The van der Waals surface area contributed by atoms with E-state index in [-0.39, 0.29) is 0 Å². The van der Waals surface area contributed by atoms with Crippen molar-refractivity contribution in [2.45, 2.75) is 133 Å². The van der Waals surface area contributed by atoms with Crippen molar-refractivity contribution >= 4 is 19.0 Å². The molecule has 0 heterocycles. The van der Waals surface area contributed by atoms with Gasteiger partial charge in [-0.05, 0) is 38.5 Å². The maximum Gasteiger partial charge on any atom is 0.238 e. The molecule has 0 bridgehead atoms. The van der Waals surface area contributed by atoms with Crippen LogP contribution < -0.4 is 0 Å². The number of hydrogen-bond acceptors (Lipinski definition) is 3. The SMILES string of the molecule is C1CCCC(OP(OC2CCCCCC2)SC2CCCCCC2)CC1. The molecule has 0 aromatic carbocycles. The lowest BCUT2D eigenvalue weighted by Crippen LogP contribution is -2.14. The van der Waals surface area contributed by atoms with Crippen LogP contribution in [0.4, 0.5) is 0 Å². The van der Waals surface area contributed by atoms with Crippen molar-refractivity contribution in [3.63, 3.8) is 0 Å². The van der Waals surface area contributed by atoms with Crippen LogP contribution in [0.5, 0.6) is 0 Å². The highest BCUT2D eigenvalue weighted by Gasteiger charge is 2.28. The van der Waals surface area contributed by atoms with Gasteiger partial charge in [0.15, 0.2) is 0 Å². The van der Waals surface area contributed by atoms with E-state index in [1.165, 1.54) is 116 Å². The van der Waals surface area contributed by atoms with Crippen LogP contribution in [0.3, 0.4) is 0 Å². The zero-order valence-electron chi connectivity index (χ0n) is 16.1. The molecule has 25 heavy (non-hydrogen) atoms. The topological polar surface area (TPSA) is 18.5 Å². The first-order valence-corrected chi connectivity index (χ1v) is 13.9. The van der Waals surface area contributed by atoms with E-state index in [4.69, 9.17) is 9.05 Å². The van der Waals surface area contributed by atoms with Crippen molar-refractivity contribution in [2.75, 3.05) is 0 Å². The van der Waals surface area contributed by atoms with Crippen molar-refractivity contribution in [3.8, 4) is 0 Å². The van der Waals surface area contributed by atoms with Crippen molar-refractivity contribution in [1.29, 1.82) is 0 Å². The third kappa shape index (κ3) is 8.08. The van der Waals surface area contributed by atoms with E-state index < -0.39 is 7.58 Å². The average molecular weight is 387 g/mol. The summed E-state index contributed by atoms with van der Waals surface area (Å²) in [4.78, 5) is 0. The molecular weight excluding hydrogens is 347 g/mol. The van der Waals surface area contributed by atoms with Crippen LogP contribution in [0.1, 0.15) is 116 Å². The Labute approximate surface area is 161 Å². The Hall–Kier alpha value is 0.700. The minimum absolute atomic E-state index is 0.470. The summed E-state index contributed by atoms with van der Waals surface area (Å²) in [6.07, 6.45) is 25.4. The molecule has 0 aliphatic heterocycles. The monoisotopic (exact) mass is 386 g/mol. The van der Waals surface area contributed by atoms with Crippen molar-refractivity contribution in [1.82, 2.24) is 0 Å². The molecule has 4 heteroatoms. The Balaban J connectivity index is 1.54. The molecule has 0 N–H and O–H groups in total. The molecule has 0 aromatic rings. The molecule has 0 unspecified atom stereocenters. The largest absolute Gasteiger partial charge is 0.323 e. The second kappa shape index (κ2) is 12.2. The second-order valence-electron chi connectivity index (χ2n) is 8.38. The van der Waals surface area contributed by atoms with Gasteiger partial charge < -0.3 is 9.05 Å². The van der Waals surface area contributed by atoms with Crippen LogP contribution in [0.2, 0.25) is 0 Å². The van der Waals surface area contributed by atoms with Gasteiger partial charge in [-0.15, -0.1) is 0 Å². The van der Waals surface area contributed by atoms with E-state index in [0.717, 1.165) is 5.25 Å². The van der Waals surface area contributed by atoms with Gasteiger partial charge >= 0.3 is 0 Å². The fourth-order valence-electron chi connectivity index (χ4n) is 4.48. The summed E-state index contributed by atoms with van der Waals surface area (Å²) < 4.78 is 13.3. The summed E-state index contributed by atoms with van der Waals surface area (Å²) in [6, 6.07) is 0. The lowest BCUT2D eigenvalue weighted by molar-refractivity contribution is 0.135. The minimum atomic E-state index is -0.748. The molecule has 2 nitrogen and oxygen atoms in total. The van der Waals surface area contributed by atoms with Gasteiger partial charge in [-0.1, -0.05) is 88.4 Å². The molecule has 3 rings (SSSR count). The van der Waals surface area contributed by atoms with E-state index in [1.807, 2.05) is 0 Å². The van der Waals surface area contributed by atoms with E-state index in [0.29, 0.717) is 12.2 Å². The van der Waals surface area contributed by atoms with Crippen molar-refractivity contribution in [3.05, 3.63) is 0 Å². The molecule has 146 valence electrons. The van der Waals surface area contributed by atoms with Crippen LogP contribution in [0, 0.1) is 0 Å². The van der Waals surface area contributed by atoms with Gasteiger partial charge in [-0.2, -0.15) is 0 Å². The fourth-order valence-corrected chi connectivity index (χ4v) is 8.72. The van der Waals surface area contributed by atoms with Gasteiger partial charge in [0.1, 0.15) is 0 Å². The van der Waals surface area contributed by atoms with E-state index in [1.54, 1.807) is 0 Å². The Morgan fingerprint density at radius 3 is 1.24 bits per heavy atom.